The maximum absolute atomic E-state index is 2.16. The third-order valence-corrected chi connectivity index (χ3v) is 0. The summed E-state index contributed by atoms with van der Waals surface area (Å²) < 4.78 is 1.34. The van der Waals surface area contributed by atoms with Crippen LogP contribution in [-0.4, -0.2) is 0 Å². The van der Waals surface area contributed by atoms with Crippen LogP contribution in [0, 0.1) is 0 Å². The summed E-state index contributed by atoms with van der Waals surface area (Å²) in [5.41, 5.74) is 0. The van der Waals surface area contributed by atoms with Gasteiger partial charge in [-0.25, -0.2) is 0 Å². The Kier molecular flexibility index (Phi) is 57.7. The SMILES string of the molecule is C[CH2][Zr].Cl.Cl. The monoisotopic (exact) mass is 191 g/mol. The minimum atomic E-state index is 0. The van der Waals surface area contributed by atoms with E-state index in [1.165, 1.54) is 4.13 Å². The standard InChI is InChI=1S/C2H5.2ClH.Zr/c1-2;;;/h1H2,2H3;2*1H;. The average molecular weight is 193 g/mol. The molecule has 0 aromatic heterocycles. The second-order valence-electron chi connectivity index (χ2n) is 0.354. The number of hydrogen-bond donors (Lipinski definition) is 0. The molecule has 0 aliphatic heterocycles. The first kappa shape index (κ1) is 16.1. The Morgan fingerprint density at radius 1 is 1.40 bits per heavy atom. The van der Waals surface area contributed by atoms with Crippen molar-refractivity contribution in [1.82, 2.24) is 0 Å². The molecule has 0 N–H and O–H groups in total. The van der Waals surface area contributed by atoms with Gasteiger partial charge in [-0.1, -0.05) is 0 Å². The van der Waals surface area contributed by atoms with E-state index in [-0.39, 0.29) is 24.8 Å². The second-order valence-corrected chi connectivity index (χ2v) is 2.09. The Balaban J connectivity index is -0.0000000200. The van der Waals surface area contributed by atoms with Crippen molar-refractivity contribution in [2.75, 3.05) is 0 Å². The fourth-order valence-electron chi connectivity index (χ4n) is 0. The molecule has 33 valence electrons. The summed E-state index contributed by atoms with van der Waals surface area (Å²) in [4.78, 5) is 0. The molecule has 0 saturated carbocycles. The van der Waals surface area contributed by atoms with E-state index in [1.54, 1.807) is 24.7 Å². The first-order valence-corrected chi connectivity index (χ1v) is 2.80. The first-order chi connectivity index (χ1) is 1.41. The van der Waals surface area contributed by atoms with Crippen LogP contribution in [0.2, 0.25) is 4.13 Å². The minimum Gasteiger partial charge on any atom is -0.147 e. The maximum Gasteiger partial charge on any atom is -0.147 e. The van der Waals surface area contributed by atoms with Crippen LogP contribution in [0.25, 0.3) is 0 Å². The normalized spacial score (nSPS) is 3.20. The molecule has 0 radical (unpaired) electrons. The van der Waals surface area contributed by atoms with Gasteiger partial charge in [-0.2, -0.15) is 0 Å². The Morgan fingerprint density at radius 2 is 1.40 bits per heavy atom. The quantitative estimate of drug-likeness (QED) is 0.550. The van der Waals surface area contributed by atoms with Crippen molar-refractivity contribution in [3.63, 3.8) is 0 Å². The summed E-state index contributed by atoms with van der Waals surface area (Å²) in [5, 5.41) is 0. The van der Waals surface area contributed by atoms with Crippen molar-refractivity contribution in [3.8, 4) is 0 Å². The van der Waals surface area contributed by atoms with Gasteiger partial charge in [0.1, 0.15) is 0 Å². The molecule has 0 amide bonds. The summed E-state index contributed by atoms with van der Waals surface area (Å²) >= 11 is 1.64. The summed E-state index contributed by atoms with van der Waals surface area (Å²) in [6.45, 7) is 2.16. The van der Waals surface area contributed by atoms with E-state index in [0.29, 0.717) is 0 Å². The van der Waals surface area contributed by atoms with Gasteiger partial charge in [0.25, 0.3) is 0 Å². The zero-order valence-corrected chi connectivity index (χ0v) is 7.11. The molecule has 0 fully saturated rings. The van der Waals surface area contributed by atoms with E-state index in [0.717, 1.165) is 0 Å². The van der Waals surface area contributed by atoms with Crippen LogP contribution in [0.1, 0.15) is 6.92 Å². The second kappa shape index (κ2) is 17.9. The summed E-state index contributed by atoms with van der Waals surface area (Å²) in [6, 6.07) is 0. The molecule has 0 heterocycles. The van der Waals surface area contributed by atoms with Crippen LogP contribution in [0.4, 0.5) is 0 Å². The van der Waals surface area contributed by atoms with Gasteiger partial charge >= 0.3 is 35.8 Å². The molecule has 0 nitrogen and oxygen atoms in total. The molecule has 0 aliphatic carbocycles. The minimum absolute atomic E-state index is 0. The average Bonchev–Trinajstić information content (AvgIpc) is 0.918. The van der Waals surface area contributed by atoms with E-state index < -0.39 is 0 Å². The Bertz CT molecular complexity index is 7.61. The smallest absolute Gasteiger partial charge is 0.147 e. The number of halogens is 2. The van der Waals surface area contributed by atoms with Gasteiger partial charge in [-0.05, 0) is 0 Å². The Labute approximate surface area is 60.4 Å². The van der Waals surface area contributed by atoms with Crippen molar-refractivity contribution < 1.29 is 24.7 Å². The van der Waals surface area contributed by atoms with Gasteiger partial charge < -0.3 is 0 Å². The first-order valence-electron chi connectivity index (χ1n) is 1.06. The van der Waals surface area contributed by atoms with Crippen molar-refractivity contribution in [2.45, 2.75) is 11.1 Å². The third-order valence-electron chi connectivity index (χ3n) is 0. The van der Waals surface area contributed by atoms with E-state index >= 15 is 0 Å². The molecule has 0 saturated heterocycles. The summed E-state index contributed by atoms with van der Waals surface area (Å²) in [5.74, 6) is 0. The van der Waals surface area contributed by atoms with E-state index in [4.69, 9.17) is 0 Å². The van der Waals surface area contributed by atoms with E-state index in [9.17, 15) is 0 Å². The zero-order valence-electron chi connectivity index (χ0n) is 3.02. The molecule has 0 aliphatic rings. The maximum atomic E-state index is 2.16. The molecule has 5 heavy (non-hydrogen) atoms. The van der Waals surface area contributed by atoms with Gasteiger partial charge in [0.15, 0.2) is 0 Å². The van der Waals surface area contributed by atoms with Crippen molar-refractivity contribution in [2.24, 2.45) is 0 Å². The van der Waals surface area contributed by atoms with Crippen LogP contribution in [0.15, 0.2) is 0 Å². The topological polar surface area (TPSA) is 0 Å². The largest absolute Gasteiger partial charge is 0.147 e. The van der Waals surface area contributed by atoms with Gasteiger partial charge in [0.05, 0.1) is 0 Å². The molecule has 0 aromatic carbocycles. The number of hydrogen-bond acceptors (Lipinski definition) is 0. The van der Waals surface area contributed by atoms with Crippen LogP contribution < -0.4 is 0 Å². The van der Waals surface area contributed by atoms with E-state index in [1.807, 2.05) is 0 Å². The third kappa shape index (κ3) is 30.6. The number of rotatable bonds is 0. The molecule has 0 atom stereocenters. The summed E-state index contributed by atoms with van der Waals surface area (Å²) in [6.07, 6.45) is 0. The van der Waals surface area contributed by atoms with Crippen molar-refractivity contribution in [1.29, 1.82) is 0 Å². The molecular formula is C2H7Cl2Zr. The van der Waals surface area contributed by atoms with Crippen LogP contribution in [-0.2, 0) is 24.7 Å². The molecule has 0 unspecified atom stereocenters. The molecular weight excluding hydrogens is 186 g/mol. The fraction of sp³-hybridized carbons (Fsp3) is 1.00. The zero-order chi connectivity index (χ0) is 2.71. The molecule has 0 spiro atoms. The van der Waals surface area contributed by atoms with Gasteiger partial charge in [0.2, 0.25) is 0 Å². The Morgan fingerprint density at radius 3 is 1.40 bits per heavy atom. The van der Waals surface area contributed by atoms with Gasteiger partial charge in [-0.15, -0.1) is 24.8 Å². The van der Waals surface area contributed by atoms with Crippen molar-refractivity contribution >= 4 is 24.8 Å². The molecule has 0 bridgehead atoms. The van der Waals surface area contributed by atoms with Crippen molar-refractivity contribution in [3.05, 3.63) is 0 Å². The Hall–Kier alpha value is 1.46. The summed E-state index contributed by atoms with van der Waals surface area (Å²) in [7, 11) is 0. The van der Waals surface area contributed by atoms with Gasteiger partial charge in [0, 0.05) is 0 Å². The predicted octanol–water partition coefficient (Wildman–Crippen LogP) is 1.82. The van der Waals surface area contributed by atoms with Crippen LogP contribution in [0.5, 0.6) is 0 Å². The van der Waals surface area contributed by atoms with Crippen LogP contribution >= 0.6 is 24.8 Å². The predicted molar refractivity (Wildman–Crippen MR) is 25.0 cm³/mol. The molecule has 0 aromatic rings. The molecule has 3 heteroatoms. The molecule has 0 rings (SSSR count). The fourth-order valence-corrected chi connectivity index (χ4v) is 0. The van der Waals surface area contributed by atoms with E-state index in [2.05, 4.69) is 6.92 Å². The van der Waals surface area contributed by atoms with Gasteiger partial charge in [-0.3, -0.25) is 0 Å². The van der Waals surface area contributed by atoms with Crippen LogP contribution in [0.3, 0.4) is 0 Å².